The van der Waals surface area contributed by atoms with E-state index in [1.54, 1.807) is 19.2 Å². The molecule has 0 saturated carbocycles. The van der Waals surface area contributed by atoms with Gasteiger partial charge in [-0.2, -0.15) is 0 Å². The number of halogens is 3. The van der Waals surface area contributed by atoms with Crippen molar-refractivity contribution in [2.45, 2.75) is 13.0 Å². The molecule has 0 saturated heterocycles. The Morgan fingerprint density at radius 1 is 1.15 bits per heavy atom. The number of anilines is 1. The van der Waals surface area contributed by atoms with Crippen molar-refractivity contribution in [3.8, 4) is 5.75 Å². The average molecular weight is 342 g/mol. The highest BCUT2D eigenvalue weighted by molar-refractivity contribution is 9.10. The monoisotopic (exact) mass is 341 g/mol. The number of hydrogen-bond donors (Lipinski definition) is 1. The highest BCUT2D eigenvalue weighted by Gasteiger charge is 2.06. The van der Waals surface area contributed by atoms with Crippen LogP contribution in [0.25, 0.3) is 0 Å². The minimum absolute atomic E-state index is 0.0383. The summed E-state index contributed by atoms with van der Waals surface area (Å²) >= 11 is 3.45. The Morgan fingerprint density at radius 2 is 1.85 bits per heavy atom. The molecule has 2 nitrogen and oxygen atoms in total. The van der Waals surface area contributed by atoms with Gasteiger partial charge in [0.1, 0.15) is 5.75 Å². The predicted molar refractivity (Wildman–Crippen MR) is 79.4 cm³/mol. The molecule has 0 atom stereocenters. The summed E-state index contributed by atoms with van der Waals surface area (Å²) in [6, 6.07) is 11.9. The third-order valence-electron chi connectivity index (χ3n) is 2.89. The summed E-state index contributed by atoms with van der Waals surface area (Å²) in [5, 5.41) is 3.24. The standard InChI is InChI=1S/C15H14BrF2NO/c1-20-12-6-7-13(16)14(8-12)19-9-10-2-4-11(5-3-10)15(17)18/h2-8,15,19H,9H2,1H3. The van der Waals surface area contributed by atoms with Crippen LogP contribution in [-0.2, 0) is 6.54 Å². The van der Waals surface area contributed by atoms with Gasteiger partial charge >= 0.3 is 0 Å². The quantitative estimate of drug-likeness (QED) is 0.825. The molecule has 1 N–H and O–H groups in total. The topological polar surface area (TPSA) is 21.3 Å². The molecule has 0 aliphatic carbocycles. The summed E-state index contributed by atoms with van der Waals surface area (Å²) in [6.45, 7) is 0.551. The van der Waals surface area contributed by atoms with Gasteiger partial charge in [0.2, 0.25) is 0 Å². The molecule has 0 heterocycles. The second-order valence-corrected chi connectivity index (χ2v) is 5.10. The molecule has 0 aromatic heterocycles. The molecule has 20 heavy (non-hydrogen) atoms. The van der Waals surface area contributed by atoms with Gasteiger partial charge in [-0.3, -0.25) is 0 Å². The molecule has 106 valence electrons. The van der Waals surface area contributed by atoms with E-state index in [1.165, 1.54) is 12.1 Å². The van der Waals surface area contributed by atoms with Crippen LogP contribution >= 0.6 is 15.9 Å². The maximum atomic E-state index is 12.5. The van der Waals surface area contributed by atoms with Gasteiger partial charge in [-0.25, -0.2) is 8.78 Å². The Labute approximate surface area is 124 Å². The molecule has 0 spiro atoms. The fourth-order valence-corrected chi connectivity index (χ4v) is 2.13. The van der Waals surface area contributed by atoms with Crippen molar-refractivity contribution < 1.29 is 13.5 Å². The molecule has 0 aliphatic rings. The van der Waals surface area contributed by atoms with Gasteiger partial charge in [0.05, 0.1) is 12.8 Å². The summed E-state index contributed by atoms with van der Waals surface area (Å²) in [5.74, 6) is 0.753. The fraction of sp³-hybridized carbons (Fsp3) is 0.200. The van der Waals surface area contributed by atoms with Crippen LogP contribution in [0.4, 0.5) is 14.5 Å². The van der Waals surface area contributed by atoms with Gasteiger partial charge in [-0.1, -0.05) is 24.3 Å². The molecule has 2 aromatic rings. The molecule has 5 heteroatoms. The lowest BCUT2D eigenvalue weighted by Crippen LogP contribution is -2.00. The second kappa shape index (κ2) is 6.70. The molecular weight excluding hydrogens is 328 g/mol. The van der Waals surface area contributed by atoms with E-state index < -0.39 is 6.43 Å². The van der Waals surface area contributed by atoms with E-state index in [0.717, 1.165) is 21.5 Å². The van der Waals surface area contributed by atoms with E-state index in [2.05, 4.69) is 21.2 Å². The summed E-state index contributed by atoms with van der Waals surface area (Å²) in [5.41, 5.74) is 1.86. The third-order valence-corrected chi connectivity index (χ3v) is 3.58. The molecule has 2 aromatic carbocycles. The number of benzene rings is 2. The predicted octanol–water partition coefficient (Wildman–Crippen LogP) is 5.01. The number of nitrogens with one attached hydrogen (secondary N) is 1. The zero-order chi connectivity index (χ0) is 14.5. The van der Waals surface area contributed by atoms with E-state index in [-0.39, 0.29) is 5.56 Å². The van der Waals surface area contributed by atoms with Crippen LogP contribution in [0.3, 0.4) is 0 Å². The summed E-state index contributed by atoms with van der Waals surface area (Å²) in [4.78, 5) is 0. The highest BCUT2D eigenvalue weighted by atomic mass is 79.9. The molecular formula is C15H14BrF2NO. The van der Waals surface area contributed by atoms with Crippen LogP contribution in [0.1, 0.15) is 17.6 Å². The van der Waals surface area contributed by atoms with Crippen molar-refractivity contribution in [2.24, 2.45) is 0 Å². The van der Waals surface area contributed by atoms with Crippen molar-refractivity contribution in [1.82, 2.24) is 0 Å². The Morgan fingerprint density at radius 3 is 2.45 bits per heavy atom. The first-order chi connectivity index (χ1) is 9.60. The summed E-state index contributed by atoms with van der Waals surface area (Å²) < 4.78 is 31.0. The first-order valence-corrected chi connectivity index (χ1v) is 6.84. The molecule has 0 aliphatic heterocycles. The van der Waals surface area contributed by atoms with E-state index >= 15 is 0 Å². The van der Waals surface area contributed by atoms with Crippen LogP contribution in [0.5, 0.6) is 5.75 Å². The summed E-state index contributed by atoms with van der Waals surface area (Å²) in [6.07, 6.45) is -2.43. The van der Waals surface area contributed by atoms with Gasteiger partial charge in [-0.05, 0) is 33.6 Å². The summed E-state index contributed by atoms with van der Waals surface area (Å²) in [7, 11) is 1.61. The average Bonchev–Trinajstić information content (AvgIpc) is 2.47. The van der Waals surface area contributed by atoms with Crippen LogP contribution in [0.2, 0.25) is 0 Å². The van der Waals surface area contributed by atoms with Crippen LogP contribution in [0.15, 0.2) is 46.9 Å². The maximum absolute atomic E-state index is 12.5. The molecule has 0 radical (unpaired) electrons. The lowest BCUT2D eigenvalue weighted by atomic mass is 10.1. The van der Waals surface area contributed by atoms with E-state index in [0.29, 0.717) is 6.54 Å². The van der Waals surface area contributed by atoms with E-state index in [1.807, 2.05) is 18.2 Å². The highest BCUT2D eigenvalue weighted by Crippen LogP contribution is 2.27. The van der Waals surface area contributed by atoms with Gasteiger partial charge in [0.25, 0.3) is 6.43 Å². The fourth-order valence-electron chi connectivity index (χ4n) is 1.75. The van der Waals surface area contributed by atoms with E-state index in [4.69, 9.17) is 4.74 Å². The zero-order valence-electron chi connectivity index (χ0n) is 10.9. The first-order valence-electron chi connectivity index (χ1n) is 6.04. The Kier molecular flexibility index (Phi) is 4.95. The molecule has 0 fully saturated rings. The Hall–Kier alpha value is -1.62. The third kappa shape index (κ3) is 3.70. The van der Waals surface area contributed by atoms with E-state index in [9.17, 15) is 8.78 Å². The van der Waals surface area contributed by atoms with Crippen LogP contribution in [0, 0.1) is 0 Å². The van der Waals surface area contributed by atoms with Crippen LogP contribution in [-0.4, -0.2) is 7.11 Å². The first kappa shape index (κ1) is 14.8. The minimum atomic E-state index is -2.43. The van der Waals surface area contributed by atoms with Crippen molar-refractivity contribution in [1.29, 1.82) is 0 Å². The Bertz CT molecular complexity index is 573. The molecule has 0 bridgehead atoms. The molecule has 0 unspecified atom stereocenters. The smallest absolute Gasteiger partial charge is 0.263 e. The molecule has 2 rings (SSSR count). The van der Waals surface area contributed by atoms with Gasteiger partial charge in [0.15, 0.2) is 0 Å². The number of hydrogen-bond acceptors (Lipinski definition) is 2. The minimum Gasteiger partial charge on any atom is -0.497 e. The van der Waals surface area contributed by atoms with Crippen molar-refractivity contribution in [3.05, 3.63) is 58.1 Å². The zero-order valence-corrected chi connectivity index (χ0v) is 12.5. The van der Waals surface area contributed by atoms with Crippen molar-refractivity contribution >= 4 is 21.6 Å². The maximum Gasteiger partial charge on any atom is 0.263 e. The van der Waals surface area contributed by atoms with Crippen LogP contribution < -0.4 is 10.1 Å². The number of ether oxygens (including phenoxy) is 1. The van der Waals surface area contributed by atoms with Gasteiger partial charge < -0.3 is 10.1 Å². The number of methoxy groups -OCH3 is 1. The van der Waals surface area contributed by atoms with Gasteiger partial charge in [-0.15, -0.1) is 0 Å². The van der Waals surface area contributed by atoms with Crippen molar-refractivity contribution in [3.63, 3.8) is 0 Å². The second-order valence-electron chi connectivity index (χ2n) is 4.24. The normalized spacial score (nSPS) is 10.7. The largest absolute Gasteiger partial charge is 0.497 e. The Balaban J connectivity index is 2.04. The number of alkyl halides is 2. The van der Waals surface area contributed by atoms with Gasteiger partial charge in [0, 0.05) is 22.6 Å². The SMILES string of the molecule is COc1ccc(Br)c(NCc2ccc(C(F)F)cc2)c1. The number of rotatable bonds is 5. The lowest BCUT2D eigenvalue weighted by molar-refractivity contribution is 0.151. The lowest BCUT2D eigenvalue weighted by Gasteiger charge is -2.11. The van der Waals surface area contributed by atoms with Crippen molar-refractivity contribution in [2.75, 3.05) is 12.4 Å². The molecule has 0 amide bonds.